The molecule has 6 heteroatoms. The third-order valence-electron chi connectivity index (χ3n) is 4.12. The van der Waals surface area contributed by atoms with Crippen LogP contribution in [-0.4, -0.2) is 10.9 Å². The van der Waals surface area contributed by atoms with Gasteiger partial charge in [0.15, 0.2) is 5.69 Å². The van der Waals surface area contributed by atoms with Crippen molar-refractivity contribution in [2.24, 2.45) is 11.7 Å². The standard InChI is InChI=1S/C21H23N3O3/c1-14(2)19(22)21-24-18(13-27-21)20(25)23-16-8-10-17(11-9-16)26-12-15-6-4-3-5-7-15/h3-11,13-14,19H,12,22H2,1-2H3,(H,23,25). The molecule has 3 aromatic rings. The van der Waals surface area contributed by atoms with Crippen molar-refractivity contribution in [3.05, 3.63) is 78.0 Å². The second kappa shape index (κ2) is 8.51. The van der Waals surface area contributed by atoms with E-state index in [-0.39, 0.29) is 23.6 Å². The summed E-state index contributed by atoms with van der Waals surface area (Å²) in [6.45, 7) is 4.43. The van der Waals surface area contributed by atoms with Crippen LogP contribution >= 0.6 is 0 Å². The van der Waals surface area contributed by atoms with Gasteiger partial charge in [0.05, 0.1) is 6.04 Å². The molecule has 0 saturated heterocycles. The van der Waals surface area contributed by atoms with Crippen molar-refractivity contribution < 1.29 is 13.9 Å². The molecule has 0 aliphatic carbocycles. The van der Waals surface area contributed by atoms with Crippen LogP contribution in [0.3, 0.4) is 0 Å². The minimum absolute atomic E-state index is 0.169. The maximum atomic E-state index is 12.3. The lowest BCUT2D eigenvalue weighted by atomic mass is 10.1. The molecule has 1 unspecified atom stereocenters. The fourth-order valence-electron chi connectivity index (χ4n) is 2.40. The zero-order chi connectivity index (χ0) is 19.2. The first-order valence-corrected chi connectivity index (χ1v) is 8.82. The van der Waals surface area contributed by atoms with Crippen LogP contribution in [0.4, 0.5) is 5.69 Å². The second-order valence-electron chi connectivity index (χ2n) is 6.59. The number of anilines is 1. The zero-order valence-electron chi connectivity index (χ0n) is 15.4. The van der Waals surface area contributed by atoms with Gasteiger partial charge in [0.2, 0.25) is 5.89 Å². The number of hydrogen-bond acceptors (Lipinski definition) is 5. The van der Waals surface area contributed by atoms with E-state index in [1.54, 1.807) is 12.1 Å². The predicted molar refractivity (Wildman–Crippen MR) is 103 cm³/mol. The molecule has 1 amide bonds. The fraction of sp³-hybridized carbons (Fsp3) is 0.238. The third-order valence-corrected chi connectivity index (χ3v) is 4.12. The Balaban J connectivity index is 1.57. The molecular formula is C21H23N3O3. The number of benzene rings is 2. The van der Waals surface area contributed by atoms with E-state index in [2.05, 4.69) is 10.3 Å². The number of nitrogens with zero attached hydrogens (tertiary/aromatic N) is 1. The topological polar surface area (TPSA) is 90.4 Å². The number of oxazole rings is 1. The van der Waals surface area contributed by atoms with Crippen LogP contribution in [0.5, 0.6) is 5.75 Å². The molecule has 1 heterocycles. The van der Waals surface area contributed by atoms with E-state index in [0.717, 1.165) is 11.3 Å². The summed E-state index contributed by atoms with van der Waals surface area (Å²) < 4.78 is 11.1. The normalized spacial score (nSPS) is 12.0. The number of carbonyl (C=O) groups is 1. The van der Waals surface area contributed by atoms with E-state index in [1.165, 1.54) is 6.26 Å². The fourth-order valence-corrected chi connectivity index (χ4v) is 2.40. The van der Waals surface area contributed by atoms with Crippen LogP contribution < -0.4 is 15.8 Å². The van der Waals surface area contributed by atoms with Crippen LogP contribution in [0.2, 0.25) is 0 Å². The van der Waals surface area contributed by atoms with Crippen LogP contribution in [0, 0.1) is 5.92 Å². The molecule has 0 saturated carbocycles. The van der Waals surface area contributed by atoms with Gasteiger partial charge in [0, 0.05) is 5.69 Å². The van der Waals surface area contributed by atoms with Gasteiger partial charge in [-0.1, -0.05) is 44.2 Å². The second-order valence-corrected chi connectivity index (χ2v) is 6.59. The number of carbonyl (C=O) groups excluding carboxylic acids is 1. The van der Waals surface area contributed by atoms with Gasteiger partial charge in [-0.2, -0.15) is 0 Å². The molecular weight excluding hydrogens is 342 g/mol. The highest BCUT2D eigenvalue weighted by Crippen LogP contribution is 2.20. The predicted octanol–water partition coefficient (Wildman–Crippen LogP) is 4.16. The number of nitrogens with two attached hydrogens (primary N) is 1. The largest absolute Gasteiger partial charge is 0.489 e. The van der Waals surface area contributed by atoms with E-state index >= 15 is 0 Å². The van der Waals surface area contributed by atoms with Gasteiger partial charge in [0.25, 0.3) is 5.91 Å². The smallest absolute Gasteiger partial charge is 0.277 e. The van der Waals surface area contributed by atoms with Crippen molar-refractivity contribution in [2.75, 3.05) is 5.32 Å². The van der Waals surface area contributed by atoms with Gasteiger partial charge in [-0.25, -0.2) is 4.98 Å². The Morgan fingerprint density at radius 1 is 1.15 bits per heavy atom. The quantitative estimate of drug-likeness (QED) is 0.656. The first kappa shape index (κ1) is 18.7. The van der Waals surface area contributed by atoms with E-state index in [9.17, 15) is 4.79 Å². The average molecular weight is 365 g/mol. The lowest BCUT2D eigenvalue weighted by Crippen LogP contribution is -2.18. The molecule has 0 radical (unpaired) electrons. The van der Waals surface area contributed by atoms with Crippen molar-refractivity contribution in [1.29, 1.82) is 0 Å². The minimum Gasteiger partial charge on any atom is -0.489 e. The van der Waals surface area contributed by atoms with Crippen LogP contribution in [0.1, 0.15) is 41.8 Å². The third kappa shape index (κ3) is 4.95. The molecule has 0 fully saturated rings. The molecule has 3 rings (SSSR count). The lowest BCUT2D eigenvalue weighted by Gasteiger charge is -2.10. The average Bonchev–Trinajstić information content (AvgIpc) is 3.18. The van der Waals surface area contributed by atoms with Crippen molar-refractivity contribution >= 4 is 11.6 Å². The van der Waals surface area contributed by atoms with E-state index < -0.39 is 0 Å². The summed E-state index contributed by atoms with van der Waals surface area (Å²) in [4.78, 5) is 16.5. The zero-order valence-corrected chi connectivity index (χ0v) is 15.4. The maximum absolute atomic E-state index is 12.3. The summed E-state index contributed by atoms with van der Waals surface area (Å²) in [5.41, 5.74) is 7.93. The van der Waals surface area contributed by atoms with E-state index in [4.69, 9.17) is 14.9 Å². The highest BCUT2D eigenvalue weighted by molar-refractivity contribution is 6.02. The Morgan fingerprint density at radius 2 is 1.85 bits per heavy atom. The maximum Gasteiger partial charge on any atom is 0.277 e. The Morgan fingerprint density at radius 3 is 2.52 bits per heavy atom. The minimum atomic E-state index is -0.348. The van der Waals surface area contributed by atoms with Crippen LogP contribution in [0.15, 0.2) is 65.3 Å². The molecule has 0 spiro atoms. The summed E-state index contributed by atoms with van der Waals surface area (Å²) >= 11 is 0. The Bertz CT molecular complexity index is 873. The molecule has 3 N–H and O–H groups in total. The SMILES string of the molecule is CC(C)C(N)c1nc(C(=O)Nc2ccc(OCc3ccccc3)cc2)co1. The molecule has 2 aromatic carbocycles. The summed E-state index contributed by atoms with van der Waals surface area (Å²) in [6, 6.07) is 16.8. The van der Waals surface area contributed by atoms with Crippen molar-refractivity contribution in [3.63, 3.8) is 0 Å². The summed E-state index contributed by atoms with van der Waals surface area (Å²) in [6.07, 6.45) is 1.32. The molecule has 27 heavy (non-hydrogen) atoms. The van der Waals surface area contributed by atoms with Gasteiger partial charge < -0.3 is 20.2 Å². The summed E-state index contributed by atoms with van der Waals surface area (Å²) in [7, 11) is 0. The number of aromatic nitrogens is 1. The van der Waals surface area contributed by atoms with Crippen molar-refractivity contribution in [1.82, 2.24) is 4.98 Å². The van der Waals surface area contributed by atoms with E-state index in [0.29, 0.717) is 18.2 Å². The number of hydrogen-bond donors (Lipinski definition) is 2. The number of rotatable bonds is 7. The molecule has 0 aliphatic heterocycles. The van der Waals surface area contributed by atoms with Gasteiger partial charge in [0.1, 0.15) is 18.6 Å². The monoisotopic (exact) mass is 365 g/mol. The lowest BCUT2D eigenvalue weighted by molar-refractivity contribution is 0.102. The first-order chi connectivity index (χ1) is 13.0. The highest BCUT2D eigenvalue weighted by atomic mass is 16.5. The molecule has 1 atom stereocenters. The van der Waals surface area contributed by atoms with Gasteiger partial charge in [-0.05, 0) is 35.7 Å². The molecule has 140 valence electrons. The van der Waals surface area contributed by atoms with E-state index in [1.807, 2.05) is 56.3 Å². The summed E-state index contributed by atoms with van der Waals surface area (Å²) in [5, 5.41) is 2.78. The molecule has 6 nitrogen and oxygen atoms in total. The van der Waals surface area contributed by atoms with Crippen molar-refractivity contribution in [2.45, 2.75) is 26.5 Å². The van der Waals surface area contributed by atoms with Gasteiger partial charge >= 0.3 is 0 Å². The molecule has 0 bridgehead atoms. The summed E-state index contributed by atoms with van der Waals surface area (Å²) in [5.74, 6) is 0.908. The number of nitrogens with one attached hydrogen (secondary N) is 1. The highest BCUT2D eigenvalue weighted by Gasteiger charge is 2.19. The van der Waals surface area contributed by atoms with Crippen molar-refractivity contribution in [3.8, 4) is 5.75 Å². The number of amides is 1. The van der Waals surface area contributed by atoms with Crippen LogP contribution in [0.25, 0.3) is 0 Å². The first-order valence-electron chi connectivity index (χ1n) is 8.82. The van der Waals surface area contributed by atoms with Crippen LogP contribution in [-0.2, 0) is 6.61 Å². The Kier molecular flexibility index (Phi) is 5.88. The number of ether oxygens (including phenoxy) is 1. The van der Waals surface area contributed by atoms with Gasteiger partial charge in [-0.3, -0.25) is 4.79 Å². The molecule has 1 aromatic heterocycles. The molecule has 0 aliphatic rings. The Labute approximate surface area is 158 Å². The Hall–Kier alpha value is -3.12. The van der Waals surface area contributed by atoms with Gasteiger partial charge in [-0.15, -0.1) is 0 Å².